The fourth-order valence-electron chi connectivity index (χ4n) is 0. The van der Waals surface area contributed by atoms with Gasteiger partial charge in [-0.1, -0.05) is 0 Å². The quantitative estimate of drug-likeness (QED) is 0.299. The van der Waals surface area contributed by atoms with Gasteiger partial charge in [-0.25, -0.2) is 0 Å². The van der Waals surface area contributed by atoms with Gasteiger partial charge in [0.25, 0.3) is 0 Å². The predicted molar refractivity (Wildman–Crippen MR) is 21.7 cm³/mol. The third-order valence-electron chi connectivity index (χ3n) is 0. The van der Waals surface area contributed by atoms with Crippen molar-refractivity contribution in [3.05, 3.63) is 0 Å². The van der Waals surface area contributed by atoms with E-state index in [0.717, 1.165) is 0 Å². The van der Waals surface area contributed by atoms with Crippen LogP contribution in [0.2, 0.25) is 0 Å². The minimum atomic E-state index is 1.47. The van der Waals surface area contributed by atoms with Crippen LogP contribution in [0.1, 0.15) is 0 Å². The van der Waals surface area contributed by atoms with Crippen LogP contribution in [-0.4, -0.2) is 6.38 Å². The van der Waals surface area contributed by atoms with Crippen LogP contribution in [0.15, 0.2) is 0 Å². The molecule has 1 heteroatoms. The van der Waals surface area contributed by atoms with Crippen molar-refractivity contribution >= 4 is 11.6 Å². The van der Waals surface area contributed by atoms with Crippen LogP contribution in [0.4, 0.5) is 0 Å². The van der Waals surface area contributed by atoms with Gasteiger partial charge in [0.15, 0.2) is 0 Å². The summed E-state index contributed by atoms with van der Waals surface area (Å²) < 4.78 is 0. The average Bonchev–Trinajstić information content (AvgIpc) is 1.50. The van der Waals surface area contributed by atoms with Crippen molar-refractivity contribution in [1.82, 2.24) is 0 Å². The second kappa shape index (κ2) is 434. The van der Waals surface area contributed by atoms with Crippen molar-refractivity contribution in [3.63, 3.8) is 0 Å². The Morgan fingerprint density at radius 3 is 1.25 bits per heavy atom. The molecule has 0 N–H and O–H groups in total. The van der Waals surface area contributed by atoms with Crippen molar-refractivity contribution in [1.29, 1.82) is 0 Å². The number of rotatable bonds is 0. The molecule has 0 bridgehead atoms. The highest BCUT2D eigenvalue weighted by molar-refractivity contribution is 6.15. The van der Waals surface area contributed by atoms with E-state index in [2.05, 4.69) is 24.4 Å². The molecule has 4 heavy (non-hydrogen) atoms. The highest BCUT2D eigenvalue weighted by Crippen LogP contribution is 1.34. The summed E-state index contributed by atoms with van der Waals surface area (Å²) in [6, 6.07) is 0. The van der Waals surface area contributed by atoms with E-state index in [1.165, 1.54) is 6.38 Å². The van der Waals surface area contributed by atoms with E-state index in [0.29, 0.717) is 0 Å². The molecule has 0 unspecified atom stereocenters. The number of hydrogen-bond acceptors (Lipinski definition) is 0. The second-order valence-corrected chi connectivity index (χ2v) is 0. The first kappa shape index (κ1) is 9.14. The van der Waals surface area contributed by atoms with Gasteiger partial charge in [-0.3, -0.25) is 0 Å². The van der Waals surface area contributed by atoms with E-state index >= 15 is 0 Å². The lowest BCUT2D eigenvalue weighted by atomic mass is 11.4. The Morgan fingerprint density at radius 1 is 1.25 bits per heavy atom. The maximum absolute atomic E-state index is 4.64. The van der Waals surface area contributed by atoms with Gasteiger partial charge in [-0.15, -0.1) is 24.4 Å². The molecule has 0 atom stereocenters. The minimum Gasteiger partial charge on any atom is -0.130 e. The number of alkyl halides is 1. The largest absolute Gasteiger partial charge is 0.130 e. The molecule has 0 aliphatic rings. The van der Waals surface area contributed by atoms with Gasteiger partial charge in [-0.2, -0.15) is 0 Å². The van der Waals surface area contributed by atoms with E-state index in [9.17, 15) is 0 Å². The molecule has 0 saturated carbocycles. The molecule has 0 fully saturated rings. The van der Waals surface area contributed by atoms with Crippen LogP contribution in [0.25, 0.3) is 0 Å². The first-order valence-corrected chi connectivity index (χ1v) is 1.47. The summed E-state index contributed by atoms with van der Waals surface area (Å²) >= 11 is 4.64. The molecule has 0 aromatic carbocycles. The van der Waals surface area contributed by atoms with Crippen LogP contribution < -0.4 is 0 Å². The van der Waals surface area contributed by atoms with Gasteiger partial charge in [0.2, 0.25) is 0 Å². The Morgan fingerprint density at radius 2 is 1.25 bits per heavy atom. The van der Waals surface area contributed by atoms with E-state index in [4.69, 9.17) is 0 Å². The van der Waals surface area contributed by atoms with Crippen molar-refractivity contribution < 1.29 is 0 Å². The van der Waals surface area contributed by atoms with Crippen molar-refractivity contribution in [3.8, 4) is 12.8 Å². The summed E-state index contributed by atoms with van der Waals surface area (Å²) in [5, 5.41) is 0. The number of terminal acetylenes is 1. The summed E-state index contributed by atoms with van der Waals surface area (Å²) in [7, 11) is 0. The van der Waals surface area contributed by atoms with Crippen molar-refractivity contribution in [2.24, 2.45) is 0 Å². The highest BCUT2D eigenvalue weighted by atomic mass is 35.5. The van der Waals surface area contributed by atoms with Gasteiger partial charge in [0.1, 0.15) is 0 Å². The average molecular weight is 76.5 g/mol. The summed E-state index contributed by atoms with van der Waals surface area (Å²) in [5.74, 6) is 0. The van der Waals surface area contributed by atoms with Crippen molar-refractivity contribution in [2.45, 2.75) is 0 Å². The van der Waals surface area contributed by atoms with Gasteiger partial charge >= 0.3 is 0 Å². The zero-order valence-electron chi connectivity index (χ0n) is 2.53. The second-order valence-electron chi connectivity index (χ2n) is 0. The molecule has 0 saturated heterocycles. The molecule has 0 amide bonds. The van der Waals surface area contributed by atoms with Gasteiger partial charge < -0.3 is 0 Å². The number of halogens is 1. The fourth-order valence-corrected chi connectivity index (χ4v) is 0. The lowest BCUT2D eigenvalue weighted by Gasteiger charge is -1.06. The maximum Gasteiger partial charge on any atom is 0.0108 e. The van der Waals surface area contributed by atoms with Crippen LogP contribution in [0.3, 0.4) is 0 Å². The third-order valence-corrected chi connectivity index (χ3v) is 0. The summed E-state index contributed by atoms with van der Waals surface area (Å²) in [5.41, 5.74) is 0. The Balaban J connectivity index is 0. The molecule has 0 rings (SSSR count). The molecule has 24 valence electrons. The highest BCUT2D eigenvalue weighted by Gasteiger charge is 0.943. The first-order valence-electron chi connectivity index (χ1n) is 0.711. The standard InChI is InChI=1S/C2H2.CH3Cl/c2*1-2/h1-2H;1H3. The third kappa shape index (κ3) is 59.4. The van der Waals surface area contributed by atoms with Gasteiger partial charge in [-0.05, 0) is 0 Å². The Hall–Kier alpha value is -0.150. The van der Waals surface area contributed by atoms with E-state index in [1.807, 2.05) is 0 Å². The Labute approximate surface area is 31.8 Å². The SMILES string of the molecule is C#C.CCl. The lowest BCUT2D eigenvalue weighted by Crippen LogP contribution is -0.852. The minimum absolute atomic E-state index is 1.47. The van der Waals surface area contributed by atoms with Gasteiger partial charge in [0.05, 0.1) is 0 Å². The Bertz CT molecular complexity index is 8.00. The summed E-state index contributed by atoms with van der Waals surface area (Å²) in [6.07, 6.45) is 9.47. The molecule has 0 aliphatic heterocycles. The van der Waals surface area contributed by atoms with E-state index < -0.39 is 0 Å². The molecule has 0 radical (unpaired) electrons. The lowest BCUT2D eigenvalue weighted by molar-refractivity contribution is 2.46. The van der Waals surface area contributed by atoms with Gasteiger partial charge in [0, 0.05) is 6.38 Å². The molecule has 0 nitrogen and oxygen atoms in total. The van der Waals surface area contributed by atoms with Crippen molar-refractivity contribution in [2.75, 3.05) is 6.38 Å². The maximum atomic E-state index is 4.64. The fraction of sp³-hybridized carbons (Fsp3) is 0.333. The number of hydrogen-bond donors (Lipinski definition) is 0. The first-order chi connectivity index (χ1) is 2.00. The zero-order valence-corrected chi connectivity index (χ0v) is 3.29. The van der Waals surface area contributed by atoms with E-state index in [-0.39, 0.29) is 0 Å². The van der Waals surface area contributed by atoms with Crippen LogP contribution in [0, 0.1) is 12.8 Å². The van der Waals surface area contributed by atoms with Crippen LogP contribution >= 0.6 is 11.6 Å². The monoisotopic (exact) mass is 76.0 g/mol. The Kier molecular flexibility index (Phi) is 990. The molecule has 0 heterocycles. The smallest absolute Gasteiger partial charge is 0.0108 e. The zero-order chi connectivity index (χ0) is 4.00. The predicted octanol–water partition coefficient (Wildman–Crippen LogP) is 1.10. The molecule has 0 aromatic rings. The molecule has 0 aliphatic carbocycles. The molecular formula is C3H5Cl. The van der Waals surface area contributed by atoms with Crippen LogP contribution in [0.5, 0.6) is 0 Å². The summed E-state index contributed by atoms with van der Waals surface area (Å²) in [6.45, 7) is 0. The summed E-state index contributed by atoms with van der Waals surface area (Å²) in [4.78, 5) is 0. The molecule has 0 spiro atoms. The molecular weight excluding hydrogens is 71.5 g/mol. The van der Waals surface area contributed by atoms with E-state index in [1.54, 1.807) is 0 Å². The topological polar surface area (TPSA) is 0 Å². The van der Waals surface area contributed by atoms with Crippen LogP contribution in [-0.2, 0) is 0 Å². The molecule has 0 aromatic heterocycles. The normalized spacial score (nSPS) is 2.00.